The molecule has 0 aliphatic rings. The third kappa shape index (κ3) is 4.54. The lowest BCUT2D eigenvalue weighted by Crippen LogP contribution is -2.12. The third-order valence-corrected chi connectivity index (χ3v) is 3.29. The van der Waals surface area contributed by atoms with Crippen molar-refractivity contribution in [2.45, 2.75) is 13.0 Å². The smallest absolute Gasteiger partial charge is 0.161 e. The fourth-order valence-corrected chi connectivity index (χ4v) is 1.75. The van der Waals surface area contributed by atoms with Crippen LogP contribution >= 0.6 is 0 Å². The van der Waals surface area contributed by atoms with Crippen LogP contribution in [0.1, 0.15) is 18.6 Å². The van der Waals surface area contributed by atoms with Gasteiger partial charge in [0, 0.05) is 6.26 Å². The van der Waals surface area contributed by atoms with Crippen molar-refractivity contribution in [3.8, 4) is 11.5 Å². The minimum Gasteiger partial charge on any atom is -0.493 e. The molecule has 0 aliphatic carbocycles. The van der Waals surface area contributed by atoms with Gasteiger partial charge in [0.2, 0.25) is 0 Å². The summed E-state index contributed by atoms with van der Waals surface area (Å²) in [4.78, 5) is 0. The molecular weight excluding hydrogens is 256 g/mol. The molecule has 0 heterocycles. The first-order valence-electron chi connectivity index (χ1n) is 5.50. The van der Waals surface area contributed by atoms with Crippen molar-refractivity contribution in [2.24, 2.45) is 0 Å². The number of methoxy groups -OCH3 is 1. The molecule has 0 bridgehead atoms. The summed E-state index contributed by atoms with van der Waals surface area (Å²) in [5.74, 6) is 0.890. The van der Waals surface area contributed by atoms with Crippen LogP contribution in [-0.4, -0.2) is 39.2 Å². The van der Waals surface area contributed by atoms with E-state index in [0.717, 1.165) is 6.26 Å². The second kappa shape index (κ2) is 6.06. The van der Waals surface area contributed by atoms with E-state index in [9.17, 15) is 13.5 Å². The highest BCUT2D eigenvalue weighted by molar-refractivity contribution is 7.90. The second-order valence-corrected chi connectivity index (χ2v) is 6.32. The number of aliphatic hydroxyl groups is 1. The van der Waals surface area contributed by atoms with Gasteiger partial charge in [-0.15, -0.1) is 0 Å². The summed E-state index contributed by atoms with van der Waals surface area (Å²) >= 11 is 0. The summed E-state index contributed by atoms with van der Waals surface area (Å²) in [6, 6.07) is 5.03. The summed E-state index contributed by atoms with van der Waals surface area (Å²) in [7, 11) is -1.55. The van der Waals surface area contributed by atoms with Crippen LogP contribution in [0.3, 0.4) is 0 Å². The molecule has 1 rings (SSSR count). The van der Waals surface area contributed by atoms with Gasteiger partial charge in [-0.2, -0.15) is 0 Å². The van der Waals surface area contributed by atoms with Gasteiger partial charge >= 0.3 is 0 Å². The van der Waals surface area contributed by atoms with E-state index in [1.807, 2.05) is 0 Å². The van der Waals surface area contributed by atoms with Crippen molar-refractivity contribution < 1.29 is 23.0 Å². The highest BCUT2D eigenvalue weighted by Gasteiger charge is 2.10. The lowest BCUT2D eigenvalue weighted by atomic mass is 10.1. The van der Waals surface area contributed by atoms with Gasteiger partial charge in [0.25, 0.3) is 0 Å². The second-order valence-electron chi connectivity index (χ2n) is 4.06. The minimum absolute atomic E-state index is 0.0473. The summed E-state index contributed by atoms with van der Waals surface area (Å²) in [6.07, 6.45) is 0.563. The maximum Gasteiger partial charge on any atom is 0.161 e. The quantitative estimate of drug-likeness (QED) is 0.843. The summed E-state index contributed by atoms with van der Waals surface area (Å²) in [5, 5.41) is 9.44. The number of ether oxygens (including phenoxy) is 2. The van der Waals surface area contributed by atoms with E-state index >= 15 is 0 Å². The van der Waals surface area contributed by atoms with Crippen molar-refractivity contribution in [2.75, 3.05) is 25.7 Å². The summed E-state index contributed by atoms with van der Waals surface area (Å²) < 4.78 is 32.4. The average Bonchev–Trinajstić information content (AvgIpc) is 2.27. The normalized spacial score (nSPS) is 13.1. The Kier molecular flexibility index (Phi) is 4.98. The Labute approximate surface area is 107 Å². The molecule has 0 radical (unpaired) electrons. The van der Waals surface area contributed by atoms with Gasteiger partial charge < -0.3 is 14.6 Å². The first-order chi connectivity index (χ1) is 8.33. The lowest BCUT2D eigenvalue weighted by Gasteiger charge is -2.13. The van der Waals surface area contributed by atoms with Crippen LogP contribution in [0.25, 0.3) is 0 Å². The largest absolute Gasteiger partial charge is 0.493 e. The molecule has 0 fully saturated rings. The zero-order valence-corrected chi connectivity index (χ0v) is 11.5. The number of rotatable bonds is 6. The molecular formula is C12H18O5S. The van der Waals surface area contributed by atoms with Crippen molar-refractivity contribution >= 4 is 9.84 Å². The van der Waals surface area contributed by atoms with E-state index in [0.29, 0.717) is 17.1 Å². The molecule has 0 saturated heterocycles. The van der Waals surface area contributed by atoms with Crippen molar-refractivity contribution in [3.63, 3.8) is 0 Å². The topological polar surface area (TPSA) is 72.8 Å². The highest BCUT2D eigenvalue weighted by atomic mass is 32.2. The van der Waals surface area contributed by atoms with Crippen molar-refractivity contribution in [1.29, 1.82) is 0 Å². The predicted octanol–water partition coefficient (Wildman–Crippen LogP) is 1.17. The Balaban J connectivity index is 2.77. The van der Waals surface area contributed by atoms with Gasteiger partial charge in [-0.05, 0) is 24.6 Å². The van der Waals surface area contributed by atoms with Crippen LogP contribution in [0.5, 0.6) is 11.5 Å². The Morgan fingerprint density at radius 1 is 1.33 bits per heavy atom. The first-order valence-corrected chi connectivity index (χ1v) is 7.56. The number of hydrogen-bond donors (Lipinski definition) is 1. The number of hydrogen-bond acceptors (Lipinski definition) is 5. The Hall–Kier alpha value is -1.27. The number of sulfone groups is 1. The standard InChI is InChI=1S/C12H18O5S/c1-9(13)10-4-5-11(12(8-10)16-2)17-6-7-18(3,14)15/h4-5,8-9,13H,6-7H2,1-3H3. The summed E-state index contributed by atoms with van der Waals surface area (Å²) in [5.41, 5.74) is 0.710. The maximum atomic E-state index is 11.0. The molecule has 0 aromatic heterocycles. The van der Waals surface area contributed by atoms with Crippen LogP contribution in [0.15, 0.2) is 18.2 Å². The molecule has 1 aromatic carbocycles. The molecule has 1 unspecified atom stereocenters. The van der Waals surface area contributed by atoms with Gasteiger partial charge in [-0.1, -0.05) is 6.07 Å². The van der Waals surface area contributed by atoms with Crippen molar-refractivity contribution in [3.05, 3.63) is 23.8 Å². The molecule has 1 aromatic rings. The van der Waals surface area contributed by atoms with Gasteiger partial charge in [0.15, 0.2) is 21.3 Å². The molecule has 5 nitrogen and oxygen atoms in total. The van der Waals surface area contributed by atoms with Gasteiger partial charge in [-0.3, -0.25) is 0 Å². The van der Waals surface area contributed by atoms with Crippen LogP contribution < -0.4 is 9.47 Å². The highest BCUT2D eigenvalue weighted by Crippen LogP contribution is 2.30. The molecule has 6 heteroatoms. The Bertz CT molecular complexity index is 493. The van der Waals surface area contributed by atoms with E-state index in [1.54, 1.807) is 25.1 Å². The first kappa shape index (κ1) is 14.8. The average molecular weight is 274 g/mol. The van der Waals surface area contributed by atoms with Gasteiger partial charge in [0.05, 0.1) is 19.0 Å². The molecule has 1 atom stereocenters. The number of aliphatic hydroxyl groups excluding tert-OH is 1. The summed E-state index contributed by atoms with van der Waals surface area (Å²) in [6.45, 7) is 1.72. The lowest BCUT2D eigenvalue weighted by molar-refractivity contribution is 0.198. The van der Waals surface area contributed by atoms with E-state index in [2.05, 4.69) is 0 Å². The Morgan fingerprint density at radius 2 is 2.00 bits per heavy atom. The van der Waals surface area contributed by atoms with Crippen molar-refractivity contribution in [1.82, 2.24) is 0 Å². The van der Waals surface area contributed by atoms with E-state index in [-0.39, 0.29) is 12.4 Å². The predicted molar refractivity (Wildman–Crippen MR) is 68.8 cm³/mol. The molecule has 18 heavy (non-hydrogen) atoms. The zero-order chi connectivity index (χ0) is 13.8. The van der Waals surface area contributed by atoms with Crippen LogP contribution in [0, 0.1) is 0 Å². The van der Waals surface area contributed by atoms with E-state index in [4.69, 9.17) is 9.47 Å². The van der Waals surface area contributed by atoms with Crippen LogP contribution in [0.4, 0.5) is 0 Å². The third-order valence-electron chi connectivity index (χ3n) is 2.38. The number of benzene rings is 1. The molecule has 0 spiro atoms. The molecule has 0 aliphatic heterocycles. The monoisotopic (exact) mass is 274 g/mol. The van der Waals surface area contributed by atoms with Gasteiger partial charge in [0.1, 0.15) is 6.61 Å². The molecule has 1 N–H and O–H groups in total. The minimum atomic E-state index is -3.04. The van der Waals surface area contributed by atoms with E-state index in [1.165, 1.54) is 7.11 Å². The van der Waals surface area contributed by atoms with Crippen LogP contribution in [0.2, 0.25) is 0 Å². The SMILES string of the molecule is COc1cc(C(C)O)ccc1OCCS(C)(=O)=O. The van der Waals surface area contributed by atoms with E-state index < -0.39 is 15.9 Å². The van der Waals surface area contributed by atoms with Crippen LogP contribution in [-0.2, 0) is 9.84 Å². The molecule has 102 valence electrons. The van der Waals surface area contributed by atoms with Gasteiger partial charge in [-0.25, -0.2) is 8.42 Å². The molecule has 0 saturated carbocycles. The maximum absolute atomic E-state index is 11.0. The zero-order valence-electron chi connectivity index (χ0n) is 10.7. The fraction of sp³-hybridized carbons (Fsp3) is 0.500. The molecule has 0 amide bonds. The fourth-order valence-electron chi connectivity index (χ4n) is 1.37. The Morgan fingerprint density at radius 3 is 2.50 bits per heavy atom.